The zero-order chi connectivity index (χ0) is 23.5. The first-order valence-corrected chi connectivity index (χ1v) is 11.6. The third-order valence-corrected chi connectivity index (χ3v) is 6.02. The van der Waals surface area contributed by atoms with Crippen LogP contribution < -0.4 is 16.0 Å². The van der Waals surface area contributed by atoms with E-state index in [0.717, 1.165) is 35.6 Å². The summed E-state index contributed by atoms with van der Waals surface area (Å²) >= 11 is 0. The monoisotopic (exact) mass is 459 g/mol. The van der Waals surface area contributed by atoms with Gasteiger partial charge >= 0.3 is 0 Å². The second kappa shape index (κ2) is 9.60. The van der Waals surface area contributed by atoms with Gasteiger partial charge in [0.1, 0.15) is 5.82 Å². The van der Waals surface area contributed by atoms with Gasteiger partial charge < -0.3 is 16.0 Å². The van der Waals surface area contributed by atoms with Gasteiger partial charge in [-0.2, -0.15) is 19.7 Å². The molecule has 4 heterocycles. The molecule has 0 unspecified atom stereocenters. The van der Waals surface area contributed by atoms with Crippen molar-refractivity contribution in [3.8, 4) is 5.69 Å². The van der Waals surface area contributed by atoms with Gasteiger partial charge in [0.2, 0.25) is 11.9 Å². The van der Waals surface area contributed by atoms with Crippen molar-refractivity contribution in [2.45, 2.75) is 32.7 Å². The molecule has 1 aromatic carbocycles. The van der Waals surface area contributed by atoms with Crippen molar-refractivity contribution in [2.75, 3.05) is 25.0 Å². The predicted molar refractivity (Wildman–Crippen MR) is 129 cm³/mol. The number of rotatable bonds is 9. The fourth-order valence-electron chi connectivity index (χ4n) is 3.97. The number of fused-ring (bicyclic) bond motifs is 1. The number of amides is 1. The van der Waals surface area contributed by atoms with E-state index in [0.29, 0.717) is 30.8 Å². The van der Waals surface area contributed by atoms with Gasteiger partial charge in [-0.15, -0.1) is 0 Å². The fraction of sp³-hybridized carbons (Fsp3) is 0.375. The summed E-state index contributed by atoms with van der Waals surface area (Å²) in [5, 5.41) is 18.5. The van der Waals surface area contributed by atoms with E-state index in [1.165, 1.54) is 0 Å². The largest absolute Gasteiger partial charge is 0.355 e. The minimum absolute atomic E-state index is 0.0724. The van der Waals surface area contributed by atoms with Crippen LogP contribution in [0.1, 0.15) is 36.7 Å². The Bertz CT molecular complexity index is 1280. The second-order valence-corrected chi connectivity index (χ2v) is 8.89. The maximum absolute atomic E-state index is 12.6. The standard InChI is InChI=1S/C24H29N9O/c1-16(2)19-15-29-33-23(19)30-21(10-22(34)26-13-17-11-25-12-17)31-24(33)27-14-18-6-3-4-7-20(18)32-9-5-8-28-32/h3-9,15-17,25H,10-14H2,1-2H3,(H,26,34)(H,27,30,31). The Morgan fingerprint density at radius 2 is 2.03 bits per heavy atom. The Balaban J connectivity index is 1.40. The quantitative estimate of drug-likeness (QED) is 0.350. The molecule has 0 atom stereocenters. The molecule has 0 spiro atoms. The molecule has 176 valence electrons. The highest BCUT2D eigenvalue weighted by Crippen LogP contribution is 2.22. The first-order valence-electron chi connectivity index (χ1n) is 11.6. The normalized spacial score (nSPS) is 13.9. The van der Waals surface area contributed by atoms with Gasteiger partial charge in [-0.1, -0.05) is 32.0 Å². The summed E-state index contributed by atoms with van der Waals surface area (Å²) in [5.41, 5.74) is 3.78. The Kier molecular flexibility index (Phi) is 6.22. The van der Waals surface area contributed by atoms with Crippen molar-refractivity contribution >= 4 is 17.5 Å². The molecular formula is C24H29N9O. The topological polar surface area (TPSA) is 114 Å². The van der Waals surface area contributed by atoms with E-state index in [2.05, 4.69) is 51.0 Å². The third kappa shape index (κ3) is 4.62. The average Bonchev–Trinajstić information content (AvgIpc) is 3.47. The van der Waals surface area contributed by atoms with Crippen LogP contribution in [0.3, 0.4) is 0 Å². The third-order valence-electron chi connectivity index (χ3n) is 6.02. The molecule has 1 saturated heterocycles. The number of nitrogens with zero attached hydrogens (tertiary/aromatic N) is 6. The second-order valence-electron chi connectivity index (χ2n) is 8.89. The van der Waals surface area contributed by atoms with Crippen LogP contribution in [0, 0.1) is 5.92 Å². The van der Waals surface area contributed by atoms with E-state index in [9.17, 15) is 4.79 Å². The molecule has 0 radical (unpaired) electrons. The van der Waals surface area contributed by atoms with Crippen molar-refractivity contribution in [2.24, 2.45) is 5.92 Å². The number of carbonyl (C=O) groups is 1. The van der Waals surface area contributed by atoms with Crippen LogP contribution in [-0.2, 0) is 17.8 Å². The lowest BCUT2D eigenvalue weighted by molar-refractivity contribution is -0.120. The summed E-state index contributed by atoms with van der Waals surface area (Å²) in [4.78, 5) is 21.9. The van der Waals surface area contributed by atoms with Gasteiger partial charge in [0.25, 0.3) is 0 Å². The van der Waals surface area contributed by atoms with E-state index < -0.39 is 0 Å². The number of para-hydroxylation sites is 1. The Morgan fingerprint density at radius 3 is 2.76 bits per heavy atom. The molecule has 5 rings (SSSR count). The number of hydrogen-bond acceptors (Lipinski definition) is 7. The lowest BCUT2D eigenvalue weighted by atomic mass is 10.0. The molecule has 1 aliphatic rings. The summed E-state index contributed by atoms with van der Waals surface area (Å²) in [6.45, 7) is 7.29. The highest BCUT2D eigenvalue weighted by Gasteiger charge is 2.19. The molecule has 10 heteroatoms. The van der Waals surface area contributed by atoms with Crippen LogP contribution in [0.15, 0.2) is 48.9 Å². The molecule has 0 aliphatic carbocycles. The van der Waals surface area contributed by atoms with Crippen molar-refractivity contribution in [3.05, 3.63) is 65.9 Å². The summed E-state index contributed by atoms with van der Waals surface area (Å²) in [6.07, 6.45) is 5.62. The first-order chi connectivity index (χ1) is 16.6. The molecule has 34 heavy (non-hydrogen) atoms. The Hall–Kier alpha value is -3.79. The van der Waals surface area contributed by atoms with Gasteiger partial charge in [0, 0.05) is 50.1 Å². The van der Waals surface area contributed by atoms with E-state index in [1.807, 2.05) is 41.3 Å². The van der Waals surface area contributed by atoms with E-state index in [4.69, 9.17) is 4.98 Å². The SMILES string of the molecule is CC(C)c1cnn2c(NCc3ccccc3-n3cccn3)nc(CC(=O)NCC3CNC3)nc12. The van der Waals surface area contributed by atoms with Crippen molar-refractivity contribution in [1.82, 2.24) is 40.0 Å². The van der Waals surface area contributed by atoms with E-state index in [1.54, 1.807) is 10.7 Å². The van der Waals surface area contributed by atoms with Gasteiger partial charge in [-0.05, 0) is 23.6 Å². The molecule has 4 aromatic rings. The van der Waals surface area contributed by atoms with Gasteiger partial charge in [0.05, 0.1) is 18.3 Å². The van der Waals surface area contributed by atoms with Crippen LogP contribution in [0.25, 0.3) is 11.3 Å². The molecule has 10 nitrogen and oxygen atoms in total. The number of aromatic nitrogens is 6. The van der Waals surface area contributed by atoms with Crippen molar-refractivity contribution < 1.29 is 4.79 Å². The minimum atomic E-state index is -0.0724. The molecule has 3 N–H and O–H groups in total. The molecular weight excluding hydrogens is 430 g/mol. The highest BCUT2D eigenvalue weighted by atomic mass is 16.1. The molecule has 1 amide bonds. The average molecular weight is 460 g/mol. The molecule has 1 aliphatic heterocycles. The maximum atomic E-state index is 12.6. The Morgan fingerprint density at radius 1 is 1.18 bits per heavy atom. The smallest absolute Gasteiger partial charge is 0.227 e. The molecule has 0 bridgehead atoms. The van der Waals surface area contributed by atoms with Crippen molar-refractivity contribution in [1.29, 1.82) is 0 Å². The van der Waals surface area contributed by atoms with Gasteiger partial charge in [-0.3, -0.25) is 4.79 Å². The number of carbonyl (C=O) groups excluding carboxylic acids is 1. The number of benzene rings is 1. The summed E-state index contributed by atoms with van der Waals surface area (Å²) in [6, 6.07) is 9.96. The highest BCUT2D eigenvalue weighted by molar-refractivity contribution is 5.78. The number of nitrogens with one attached hydrogen (secondary N) is 3. The van der Waals surface area contributed by atoms with E-state index >= 15 is 0 Å². The van der Waals surface area contributed by atoms with Gasteiger partial charge in [0.15, 0.2) is 5.65 Å². The van der Waals surface area contributed by atoms with E-state index in [-0.39, 0.29) is 18.2 Å². The van der Waals surface area contributed by atoms with Crippen LogP contribution in [0.2, 0.25) is 0 Å². The first kappa shape index (κ1) is 22.0. The van der Waals surface area contributed by atoms with Gasteiger partial charge in [-0.25, -0.2) is 9.67 Å². The van der Waals surface area contributed by atoms with Crippen LogP contribution in [0.5, 0.6) is 0 Å². The van der Waals surface area contributed by atoms with Crippen molar-refractivity contribution in [3.63, 3.8) is 0 Å². The molecule has 1 fully saturated rings. The number of anilines is 1. The van der Waals surface area contributed by atoms with Crippen LogP contribution in [0.4, 0.5) is 5.95 Å². The lowest BCUT2D eigenvalue weighted by Gasteiger charge is -2.27. The zero-order valence-corrected chi connectivity index (χ0v) is 19.4. The van der Waals surface area contributed by atoms with Crippen LogP contribution >= 0.6 is 0 Å². The molecule has 3 aromatic heterocycles. The minimum Gasteiger partial charge on any atom is -0.355 e. The fourth-order valence-corrected chi connectivity index (χ4v) is 3.97. The number of hydrogen-bond donors (Lipinski definition) is 3. The Labute approximate surface area is 197 Å². The predicted octanol–water partition coefficient (Wildman–Crippen LogP) is 1.92. The van der Waals surface area contributed by atoms with Crippen LogP contribution in [-0.4, -0.2) is 54.9 Å². The molecule has 0 saturated carbocycles. The zero-order valence-electron chi connectivity index (χ0n) is 19.4. The maximum Gasteiger partial charge on any atom is 0.227 e. The lowest BCUT2D eigenvalue weighted by Crippen LogP contribution is -2.48. The summed E-state index contributed by atoms with van der Waals surface area (Å²) in [5.74, 6) is 1.70. The summed E-state index contributed by atoms with van der Waals surface area (Å²) in [7, 11) is 0. The summed E-state index contributed by atoms with van der Waals surface area (Å²) < 4.78 is 3.55.